The highest BCUT2D eigenvalue weighted by atomic mass is 16.5. The number of aliphatic hydroxyl groups excluding tert-OH is 1. The Labute approximate surface area is 183 Å². The molecule has 1 N–H and O–H groups in total. The molecule has 0 bridgehead atoms. The SMILES string of the molecule is Cc1cc([C@H](C(=O)N2C[C@H](O)C[C@H]2C2=NN(c3ccccc3)C(C)(C)C2)C(C)C)on1. The van der Waals surface area contributed by atoms with Gasteiger partial charge in [0.1, 0.15) is 11.7 Å². The minimum atomic E-state index is -0.560. The van der Waals surface area contributed by atoms with Gasteiger partial charge in [0.15, 0.2) is 0 Å². The zero-order chi connectivity index (χ0) is 22.3. The summed E-state index contributed by atoms with van der Waals surface area (Å²) in [4.78, 5) is 15.5. The summed E-state index contributed by atoms with van der Waals surface area (Å²) in [5, 5.41) is 21.5. The van der Waals surface area contributed by atoms with Crippen LogP contribution in [0.25, 0.3) is 0 Å². The minimum absolute atomic E-state index is 0.0358. The molecular formula is C24H32N4O3. The molecule has 0 saturated carbocycles. The van der Waals surface area contributed by atoms with Gasteiger partial charge in [-0.15, -0.1) is 0 Å². The molecule has 2 aliphatic heterocycles. The van der Waals surface area contributed by atoms with Crippen molar-refractivity contribution >= 4 is 17.3 Å². The van der Waals surface area contributed by atoms with Gasteiger partial charge in [0.05, 0.1) is 34.8 Å². The van der Waals surface area contributed by atoms with Crippen molar-refractivity contribution in [2.24, 2.45) is 11.0 Å². The van der Waals surface area contributed by atoms with Crippen LogP contribution in [-0.2, 0) is 4.79 Å². The number of hydrazone groups is 1. The number of benzene rings is 1. The number of aromatic nitrogens is 1. The van der Waals surface area contributed by atoms with Crippen LogP contribution in [0.15, 0.2) is 46.0 Å². The van der Waals surface area contributed by atoms with Gasteiger partial charge in [-0.1, -0.05) is 37.2 Å². The normalized spacial score (nSPS) is 24.0. The number of likely N-dealkylation sites (tertiary alicyclic amines) is 1. The number of aliphatic hydroxyl groups is 1. The van der Waals surface area contributed by atoms with Crippen molar-refractivity contribution in [3.05, 3.63) is 47.9 Å². The van der Waals surface area contributed by atoms with E-state index in [1.807, 2.05) is 62.2 Å². The summed E-state index contributed by atoms with van der Waals surface area (Å²) in [5.74, 6) is 0.152. The van der Waals surface area contributed by atoms with Crippen LogP contribution in [0.3, 0.4) is 0 Å². The zero-order valence-electron chi connectivity index (χ0n) is 18.9. The Morgan fingerprint density at radius 3 is 2.58 bits per heavy atom. The predicted molar refractivity (Wildman–Crippen MR) is 120 cm³/mol. The lowest BCUT2D eigenvalue weighted by Crippen LogP contribution is -2.44. The zero-order valence-corrected chi connectivity index (χ0v) is 18.9. The Hall–Kier alpha value is -2.67. The first kappa shape index (κ1) is 21.6. The summed E-state index contributed by atoms with van der Waals surface area (Å²) >= 11 is 0. The first-order chi connectivity index (χ1) is 14.7. The second kappa shape index (κ2) is 8.11. The molecule has 4 rings (SSSR count). The van der Waals surface area contributed by atoms with Gasteiger partial charge in [0.25, 0.3) is 0 Å². The van der Waals surface area contributed by atoms with Gasteiger partial charge in [-0.05, 0) is 38.8 Å². The number of para-hydroxylation sites is 1. The number of aryl methyl sites for hydroxylation is 1. The van der Waals surface area contributed by atoms with E-state index in [1.54, 1.807) is 4.90 Å². The van der Waals surface area contributed by atoms with Crippen LogP contribution < -0.4 is 5.01 Å². The molecule has 1 amide bonds. The molecule has 1 fully saturated rings. The topological polar surface area (TPSA) is 82.2 Å². The molecule has 2 aliphatic rings. The Kier molecular flexibility index (Phi) is 5.64. The van der Waals surface area contributed by atoms with Crippen molar-refractivity contribution in [2.75, 3.05) is 11.6 Å². The van der Waals surface area contributed by atoms with Crippen LogP contribution in [0.4, 0.5) is 5.69 Å². The fraction of sp³-hybridized carbons (Fsp3) is 0.542. The van der Waals surface area contributed by atoms with Crippen molar-refractivity contribution in [2.45, 2.75) is 71.1 Å². The lowest BCUT2D eigenvalue weighted by atomic mass is 9.90. The summed E-state index contributed by atoms with van der Waals surface area (Å²) in [6.07, 6.45) is 0.676. The molecule has 31 heavy (non-hydrogen) atoms. The van der Waals surface area contributed by atoms with Gasteiger partial charge in [0, 0.05) is 25.5 Å². The maximum Gasteiger partial charge on any atom is 0.234 e. The highest BCUT2D eigenvalue weighted by Crippen LogP contribution is 2.37. The van der Waals surface area contributed by atoms with E-state index in [9.17, 15) is 9.90 Å². The van der Waals surface area contributed by atoms with Gasteiger partial charge >= 0.3 is 0 Å². The largest absolute Gasteiger partial charge is 0.391 e. The monoisotopic (exact) mass is 424 g/mol. The number of anilines is 1. The van der Waals surface area contributed by atoms with E-state index >= 15 is 0 Å². The Morgan fingerprint density at radius 2 is 1.97 bits per heavy atom. The number of hydrogen-bond acceptors (Lipinski definition) is 6. The molecule has 0 unspecified atom stereocenters. The van der Waals surface area contributed by atoms with Gasteiger partial charge < -0.3 is 14.5 Å². The first-order valence-corrected chi connectivity index (χ1v) is 11.0. The molecule has 3 atom stereocenters. The molecule has 1 aromatic heterocycles. The van der Waals surface area contributed by atoms with E-state index in [-0.39, 0.29) is 23.4 Å². The maximum absolute atomic E-state index is 13.7. The third-order valence-electron chi connectivity index (χ3n) is 6.25. The first-order valence-electron chi connectivity index (χ1n) is 11.0. The van der Waals surface area contributed by atoms with E-state index in [4.69, 9.17) is 9.62 Å². The number of carbonyl (C=O) groups excluding carboxylic acids is 1. The van der Waals surface area contributed by atoms with Crippen molar-refractivity contribution in [3.8, 4) is 0 Å². The molecule has 3 heterocycles. The van der Waals surface area contributed by atoms with Crippen LogP contribution in [0.2, 0.25) is 0 Å². The number of carbonyl (C=O) groups is 1. The number of nitrogens with zero attached hydrogens (tertiary/aromatic N) is 4. The van der Waals surface area contributed by atoms with Crippen LogP contribution in [-0.4, -0.2) is 51.0 Å². The molecule has 0 aliphatic carbocycles. The molecule has 166 valence electrons. The van der Waals surface area contributed by atoms with Crippen LogP contribution in [0.5, 0.6) is 0 Å². The van der Waals surface area contributed by atoms with Gasteiger partial charge in [-0.2, -0.15) is 5.10 Å². The molecular weight excluding hydrogens is 392 g/mol. The molecule has 7 nitrogen and oxygen atoms in total. The predicted octanol–water partition coefficient (Wildman–Crippen LogP) is 3.73. The number of β-amino-alcohol motifs (C(OH)–C–C–N with tert-alkyl or cyclic N) is 1. The van der Waals surface area contributed by atoms with Crippen molar-refractivity contribution in [1.82, 2.24) is 10.1 Å². The average Bonchev–Trinajstić information content (AvgIpc) is 3.39. The third kappa shape index (κ3) is 4.11. The van der Waals surface area contributed by atoms with Gasteiger partial charge in [-0.25, -0.2) is 0 Å². The summed E-state index contributed by atoms with van der Waals surface area (Å²) in [6.45, 7) is 10.5. The summed E-state index contributed by atoms with van der Waals surface area (Å²) in [6, 6.07) is 11.7. The van der Waals surface area contributed by atoms with Crippen molar-refractivity contribution in [1.29, 1.82) is 0 Å². The second-order valence-electron chi connectivity index (χ2n) is 9.72. The average molecular weight is 425 g/mol. The molecule has 0 spiro atoms. The smallest absolute Gasteiger partial charge is 0.234 e. The Balaban J connectivity index is 1.64. The molecule has 1 saturated heterocycles. The van der Waals surface area contributed by atoms with Crippen LogP contribution in [0, 0.1) is 12.8 Å². The van der Waals surface area contributed by atoms with E-state index < -0.39 is 12.0 Å². The lowest BCUT2D eigenvalue weighted by Gasteiger charge is -2.31. The van der Waals surface area contributed by atoms with Crippen molar-refractivity contribution < 1.29 is 14.4 Å². The van der Waals surface area contributed by atoms with E-state index in [0.29, 0.717) is 18.7 Å². The van der Waals surface area contributed by atoms with Crippen LogP contribution >= 0.6 is 0 Å². The molecule has 0 radical (unpaired) electrons. The van der Waals surface area contributed by atoms with E-state index in [0.717, 1.165) is 23.5 Å². The summed E-state index contributed by atoms with van der Waals surface area (Å²) < 4.78 is 5.47. The van der Waals surface area contributed by atoms with E-state index in [1.165, 1.54) is 0 Å². The second-order valence-corrected chi connectivity index (χ2v) is 9.72. The molecule has 1 aromatic carbocycles. The highest BCUT2D eigenvalue weighted by molar-refractivity contribution is 5.98. The molecule has 7 heteroatoms. The fourth-order valence-electron chi connectivity index (χ4n) is 4.80. The standard InChI is InChI=1S/C24H32N4O3/c1-15(2)22(21-11-16(3)26-31-21)23(30)27-14-18(29)12-20(27)19-13-24(4,5)28(25-19)17-9-7-6-8-10-17/h6-11,15,18,20,22,29H,12-14H2,1-5H3/t18-,20+,22-/m1/s1. The number of hydrogen-bond donors (Lipinski definition) is 1. The maximum atomic E-state index is 13.7. The molecule has 2 aromatic rings. The fourth-order valence-corrected chi connectivity index (χ4v) is 4.80. The lowest BCUT2D eigenvalue weighted by molar-refractivity contribution is -0.134. The summed E-state index contributed by atoms with van der Waals surface area (Å²) in [7, 11) is 0. The van der Waals surface area contributed by atoms with E-state index in [2.05, 4.69) is 19.0 Å². The number of amides is 1. The van der Waals surface area contributed by atoms with Gasteiger partial charge in [0.2, 0.25) is 5.91 Å². The Morgan fingerprint density at radius 1 is 1.26 bits per heavy atom. The summed E-state index contributed by atoms with van der Waals surface area (Å²) in [5.41, 5.74) is 2.51. The van der Waals surface area contributed by atoms with Crippen molar-refractivity contribution in [3.63, 3.8) is 0 Å². The Bertz CT molecular complexity index is 966. The quantitative estimate of drug-likeness (QED) is 0.791. The number of rotatable bonds is 5. The third-order valence-corrected chi connectivity index (χ3v) is 6.25. The van der Waals surface area contributed by atoms with Gasteiger partial charge in [-0.3, -0.25) is 9.80 Å². The van der Waals surface area contributed by atoms with Crippen LogP contribution in [0.1, 0.15) is 57.9 Å². The minimum Gasteiger partial charge on any atom is -0.391 e. The highest BCUT2D eigenvalue weighted by Gasteiger charge is 2.46.